The molecular formula is C18H30N4O. The second kappa shape index (κ2) is 6.91. The van der Waals surface area contributed by atoms with Crippen molar-refractivity contribution in [2.75, 3.05) is 32.8 Å². The highest BCUT2D eigenvalue weighted by atomic mass is 16.5. The second-order valence-electron chi connectivity index (χ2n) is 7.64. The molecule has 1 atom stereocenters. The number of hydrogen-bond acceptors (Lipinski definition) is 4. The summed E-state index contributed by atoms with van der Waals surface area (Å²) in [6.07, 6.45) is 11.5. The highest BCUT2D eigenvalue weighted by Gasteiger charge is 2.40. The molecule has 1 unspecified atom stereocenters. The van der Waals surface area contributed by atoms with Crippen LogP contribution >= 0.6 is 0 Å². The van der Waals surface area contributed by atoms with Crippen LogP contribution in [0.4, 0.5) is 0 Å². The van der Waals surface area contributed by atoms with Crippen LogP contribution in [0.15, 0.2) is 18.5 Å². The van der Waals surface area contributed by atoms with Crippen molar-refractivity contribution in [1.82, 2.24) is 20.0 Å². The fourth-order valence-electron chi connectivity index (χ4n) is 4.72. The van der Waals surface area contributed by atoms with Gasteiger partial charge in [-0.2, -0.15) is 5.10 Å². The summed E-state index contributed by atoms with van der Waals surface area (Å²) in [7, 11) is 0. The molecule has 3 aliphatic heterocycles. The molecule has 4 heterocycles. The lowest BCUT2D eigenvalue weighted by Gasteiger charge is -2.48. The van der Waals surface area contributed by atoms with Gasteiger partial charge >= 0.3 is 0 Å². The van der Waals surface area contributed by atoms with Crippen molar-refractivity contribution in [3.05, 3.63) is 18.5 Å². The fourth-order valence-corrected chi connectivity index (χ4v) is 4.72. The van der Waals surface area contributed by atoms with E-state index in [4.69, 9.17) is 4.74 Å². The van der Waals surface area contributed by atoms with Gasteiger partial charge in [-0.05, 0) is 76.7 Å². The lowest BCUT2D eigenvalue weighted by Crippen LogP contribution is -2.54. The van der Waals surface area contributed by atoms with Crippen molar-refractivity contribution in [2.24, 2.45) is 5.92 Å². The van der Waals surface area contributed by atoms with E-state index in [2.05, 4.69) is 26.2 Å². The minimum atomic E-state index is 0.181. The summed E-state index contributed by atoms with van der Waals surface area (Å²) in [5.74, 6) is 0.791. The maximum absolute atomic E-state index is 6.24. The Labute approximate surface area is 139 Å². The molecule has 1 aromatic rings. The van der Waals surface area contributed by atoms with Gasteiger partial charge in [0.1, 0.15) is 0 Å². The van der Waals surface area contributed by atoms with Crippen molar-refractivity contribution in [3.8, 4) is 0 Å². The molecule has 128 valence electrons. The Kier molecular flexibility index (Phi) is 4.69. The molecule has 5 nitrogen and oxygen atoms in total. The van der Waals surface area contributed by atoms with Crippen LogP contribution in [0.1, 0.15) is 38.5 Å². The number of rotatable bonds is 3. The first kappa shape index (κ1) is 15.6. The molecular weight excluding hydrogens is 288 g/mol. The van der Waals surface area contributed by atoms with Gasteiger partial charge in [0.05, 0.1) is 5.60 Å². The van der Waals surface area contributed by atoms with Gasteiger partial charge in [-0.1, -0.05) is 0 Å². The van der Waals surface area contributed by atoms with Crippen LogP contribution in [-0.4, -0.2) is 59.1 Å². The highest BCUT2D eigenvalue weighted by Crippen LogP contribution is 2.36. The maximum atomic E-state index is 6.24. The smallest absolute Gasteiger partial charge is 0.0721 e. The topological polar surface area (TPSA) is 42.3 Å². The van der Waals surface area contributed by atoms with E-state index >= 15 is 0 Å². The molecule has 1 spiro atoms. The zero-order chi connectivity index (χ0) is 15.5. The van der Waals surface area contributed by atoms with Crippen LogP contribution in [-0.2, 0) is 11.3 Å². The van der Waals surface area contributed by atoms with Crippen LogP contribution in [0, 0.1) is 5.92 Å². The summed E-state index contributed by atoms with van der Waals surface area (Å²) in [6.45, 7) is 6.80. The first-order valence-corrected chi connectivity index (χ1v) is 9.39. The van der Waals surface area contributed by atoms with Crippen molar-refractivity contribution in [3.63, 3.8) is 0 Å². The number of aromatic nitrogens is 2. The van der Waals surface area contributed by atoms with Crippen LogP contribution in [0.25, 0.3) is 0 Å². The standard InChI is InChI=1S/C18H30N4O/c1-7-20-22(10-1)15-16-2-11-21(12-3-16)17-4-13-23-18(14-17)5-8-19-9-6-18/h1,7,10,16-17,19H,2-6,8-9,11-15H2. The molecule has 23 heavy (non-hydrogen) atoms. The summed E-state index contributed by atoms with van der Waals surface area (Å²) in [4.78, 5) is 2.76. The Bertz CT molecular complexity index is 470. The van der Waals surface area contributed by atoms with E-state index in [9.17, 15) is 0 Å². The van der Waals surface area contributed by atoms with E-state index in [1.165, 1.54) is 51.6 Å². The summed E-state index contributed by atoms with van der Waals surface area (Å²) < 4.78 is 8.34. The molecule has 4 rings (SSSR count). The molecule has 0 amide bonds. The normalized spacial score (nSPS) is 29.8. The Morgan fingerprint density at radius 3 is 2.74 bits per heavy atom. The molecule has 0 bridgehead atoms. The van der Waals surface area contributed by atoms with E-state index in [0.29, 0.717) is 0 Å². The van der Waals surface area contributed by atoms with Crippen molar-refractivity contribution in [2.45, 2.75) is 56.7 Å². The maximum Gasteiger partial charge on any atom is 0.0721 e. The van der Waals surface area contributed by atoms with E-state index in [0.717, 1.165) is 38.2 Å². The van der Waals surface area contributed by atoms with Gasteiger partial charge in [-0.25, -0.2) is 0 Å². The van der Waals surface area contributed by atoms with Crippen LogP contribution in [0.3, 0.4) is 0 Å². The average Bonchev–Trinajstić information content (AvgIpc) is 3.09. The second-order valence-corrected chi connectivity index (χ2v) is 7.64. The molecule has 0 aromatic carbocycles. The number of hydrogen-bond donors (Lipinski definition) is 1. The Morgan fingerprint density at radius 1 is 1.17 bits per heavy atom. The van der Waals surface area contributed by atoms with E-state index in [-0.39, 0.29) is 5.60 Å². The van der Waals surface area contributed by atoms with Crippen LogP contribution in [0.2, 0.25) is 0 Å². The number of likely N-dealkylation sites (tertiary alicyclic amines) is 1. The SMILES string of the molecule is c1cnn(CC2CCN(C3CCOC4(CCNCC4)C3)CC2)c1. The Morgan fingerprint density at radius 2 is 2.00 bits per heavy atom. The van der Waals surface area contributed by atoms with Gasteiger partial charge in [0.15, 0.2) is 0 Å². The minimum absolute atomic E-state index is 0.181. The van der Waals surface area contributed by atoms with Gasteiger partial charge in [0.2, 0.25) is 0 Å². The van der Waals surface area contributed by atoms with Gasteiger partial charge < -0.3 is 15.0 Å². The van der Waals surface area contributed by atoms with E-state index in [1.807, 2.05) is 12.3 Å². The van der Waals surface area contributed by atoms with Crippen molar-refractivity contribution in [1.29, 1.82) is 0 Å². The fraction of sp³-hybridized carbons (Fsp3) is 0.833. The van der Waals surface area contributed by atoms with E-state index < -0.39 is 0 Å². The third-order valence-corrected chi connectivity index (χ3v) is 6.15. The molecule has 3 aliphatic rings. The predicted octanol–water partition coefficient (Wildman–Crippen LogP) is 1.90. The predicted molar refractivity (Wildman–Crippen MR) is 90.3 cm³/mol. The lowest BCUT2D eigenvalue weighted by atomic mass is 9.81. The minimum Gasteiger partial charge on any atom is -0.375 e. The molecule has 1 N–H and O–H groups in total. The van der Waals surface area contributed by atoms with Gasteiger partial charge in [-0.15, -0.1) is 0 Å². The summed E-state index contributed by atoms with van der Waals surface area (Å²) in [5.41, 5.74) is 0.181. The first-order valence-electron chi connectivity index (χ1n) is 9.39. The first-order chi connectivity index (χ1) is 11.3. The molecule has 0 aliphatic carbocycles. The summed E-state index contributed by atoms with van der Waals surface area (Å²) in [5, 5.41) is 7.83. The number of piperidine rings is 2. The molecule has 3 saturated heterocycles. The molecule has 0 saturated carbocycles. The largest absolute Gasteiger partial charge is 0.375 e. The van der Waals surface area contributed by atoms with Crippen molar-refractivity contribution >= 4 is 0 Å². The molecule has 1 aromatic heterocycles. The molecule has 0 radical (unpaired) electrons. The van der Waals surface area contributed by atoms with Crippen LogP contribution in [0.5, 0.6) is 0 Å². The lowest BCUT2D eigenvalue weighted by molar-refractivity contribution is -0.123. The van der Waals surface area contributed by atoms with Gasteiger partial charge in [-0.3, -0.25) is 4.68 Å². The monoisotopic (exact) mass is 318 g/mol. The summed E-state index contributed by atoms with van der Waals surface area (Å²) in [6, 6.07) is 2.77. The third kappa shape index (κ3) is 3.62. The zero-order valence-corrected chi connectivity index (χ0v) is 14.1. The molecule has 5 heteroatoms. The Balaban J connectivity index is 1.29. The van der Waals surface area contributed by atoms with Crippen molar-refractivity contribution < 1.29 is 4.74 Å². The van der Waals surface area contributed by atoms with Crippen LogP contribution < -0.4 is 5.32 Å². The number of nitrogens with zero attached hydrogens (tertiary/aromatic N) is 3. The Hall–Kier alpha value is -0.910. The van der Waals surface area contributed by atoms with Gasteiger partial charge in [0.25, 0.3) is 0 Å². The van der Waals surface area contributed by atoms with E-state index in [1.54, 1.807) is 0 Å². The number of nitrogens with one attached hydrogen (secondary N) is 1. The van der Waals surface area contributed by atoms with Gasteiger partial charge in [0, 0.05) is 31.6 Å². The summed E-state index contributed by atoms with van der Waals surface area (Å²) >= 11 is 0. The zero-order valence-electron chi connectivity index (χ0n) is 14.1. The number of ether oxygens (including phenoxy) is 1. The third-order valence-electron chi connectivity index (χ3n) is 6.15. The quantitative estimate of drug-likeness (QED) is 0.924. The average molecular weight is 318 g/mol. The molecule has 3 fully saturated rings. The highest BCUT2D eigenvalue weighted by molar-refractivity contribution is 4.95.